The van der Waals surface area contributed by atoms with E-state index in [0.29, 0.717) is 26.2 Å². The second-order valence-corrected chi connectivity index (χ2v) is 6.07. The van der Waals surface area contributed by atoms with E-state index in [4.69, 9.17) is 4.74 Å². The zero-order valence-corrected chi connectivity index (χ0v) is 13.6. The van der Waals surface area contributed by atoms with Gasteiger partial charge in [0.25, 0.3) is 5.91 Å². The van der Waals surface area contributed by atoms with Crippen molar-refractivity contribution in [3.8, 4) is 5.75 Å². The number of hydrogen-bond donors (Lipinski definition) is 0. The van der Waals surface area contributed by atoms with Gasteiger partial charge in [-0.25, -0.2) is 4.98 Å². The molecule has 2 aromatic rings. The minimum absolute atomic E-state index is 0.109. The molecule has 3 rings (SSSR count). The molecule has 8 nitrogen and oxygen atoms in total. The molecular weight excluding hydrogens is 332 g/mol. The van der Waals surface area contributed by atoms with Gasteiger partial charge in [0.1, 0.15) is 0 Å². The van der Waals surface area contributed by atoms with E-state index in [-0.39, 0.29) is 24.0 Å². The van der Waals surface area contributed by atoms with Crippen LogP contribution in [-0.4, -0.2) is 53.5 Å². The minimum atomic E-state index is -0.521. The van der Waals surface area contributed by atoms with Crippen LogP contribution in [0.15, 0.2) is 35.8 Å². The molecule has 9 heteroatoms. The maximum absolute atomic E-state index is 12.2. The molecule has 1 amide bonds. The molecule has 0 spiro atoms. The number of para-hydroxylation sites is 2. The first kappa shape index (κ1) is 16.2. The third-order valence-corrected chi connectivity index (χ3v) is 4.57. The molecule has 24 heavy (non-hydrogen) atoms. The first-order valence-corrected chi connectivity index (χ1v) is 8.31. The van der Waals surface area contributed by atoms with Crippen LogP contribution < -0.4 is 9.64 Å². The summed E-state index contributed by atoms with van der Waals surface area (Å²) >= 11 is 1.57. The summed E-state index contributed by atoms with van der Waals surface area (Å²) in [7, 11) is 0. The molecule has 1 aromatic heterocycles. The molecule has 0 radical (unpaired) electrons. The lowest BCUT2D eigenvalue weighted by molar-refractivity contribution is -0.385. The summed E-state index contributed by atoms with van der Waals surface area (Å²) in [5, 5.41) is 13.8. The number of aromatic nitrogens is 1. The van der Waals surface area contributed by atoms with Gasteiger partial charge in [0, 0.05) is 43.8 Å². The van der Waals surface area contributed by atoms with Crippen molar-refractivity contribution in [3.05, 3.63) is 46.0 Å². The molecule has 1 aromatic carbocycles. The summed E-state index contributed by atoms with van der Waals surface area (Å²) in [5.74, 6) is -0.0655. The van der Waals surface area contributed by atoms with Gasteiger partial charge in [-0.1, -0.05) is 12.1 Å². The van der Waals surface area contributed by atoms with Crippen LogP contribution in [0.3, 0.4) is 0 Å². The lowest BCUT2D eigenvalue weighted by atomic mass is 10.3. The molecule has 1 saturated heterocycles. The predicted molar refractivity (Wildman–Crippen MR) is 89.5 cm³/mol. The van der Waals surface area contributed by atoms with Gasteiger partial charge < -0.3 is 14.5 Å². The highest BCUT2D eigenvalue weighted by Crippen LogP contribution is 2.26. The predicted octanol–water partition coefficient (Wildman–Crippen LogP) is 1.78. The number of anilines is 1. The Labute approximate surface area is 142 Å². The average molecular weight is 348 g/mol. The third-order valence-electron chi connectivity index (χ3n) is 3.74. The molecule has 2 heterocycles. The smallest absolute Gasteiger partial charge is 0.310 e. The Kier molecular flexibility index (Phi) is 4.90. The highest BCUT2D eigenvalue weighted by molar-refractivity contribution is 7.13. The SMILES string of the molecule is O=C(COc1ccccc1[N+](=O)[O-])N1CCN(c2nccs2)CC1. The van der Waals surface area contributed by atoms with Gasteiger partial charge in [0.2, 0.25) is 0 Å². The Morgan fingerprint density at radius 2 is 2.04 bits per heavy atom. The number of carbonyl (C=O) groups is 1. The third kappa shape index (κ3) is 3.62. The quantitative estimate of drug-likeness (QED) is 0.604. The molecule has 1 aliphatic rings. The van der Waals surface area contributed by atoms with Crippen molar-refractivity contribution in [2.24, 2.45) is 0 Å². The van der Waals surface area contributed by atoms with E-state index < -0.39 is 4.92 Å². The van der Waals surface area contributed by atoms with E-state index in [0.717, 1.165) is 5.13 Å². The molecular formula is C15H16N4O4S. The van der Waals surface area contributed by atoms with E-state index in [1.54, 1.807) is 34.6 Å². The first-order chi connectivity index (χ1) is 11.6. The highest BCUT2D eigenvalue weighted by atomic mass is 32.1. The van der Waals surface area contributed by atoms with Crippen LogP contribution in [0.5, 0.6) is 5.75 Å². The van der Waals surface area contributed by atoms with Crippen LogP contribution in [0.2, 0.25) is 0 Å². The highest BCUT2D eigenvalue weighted by Gasteiger charge is 2.23. The lowest BCUT2D eigenvalue weighted by Crippen LogP contribution is -2.50. The Hall–Kier alpha value is -2.68. The number of nitro benzene ring substituents is 1. The Bertz CT molecular complexity index is 714. The van der Waals surface area contributed by atoms with Crippen molar-refractivity contribution >= 4 is 28.1 Å². The van der Waals surface area contributed by atoms with Gasteiger partial charge in [0.15, 0.2) is 17.5 Å². The average Bonchev–Trinajstić information content (AvgIpc) is 3.14. The number of piperazine rings is 1. The van der Waals surface area contributed by atoms with Crippen LogP contribution in [-0.2, 0) is 4.79 Å². The molecule has 0 saturated carbocycles. The van der Waals surface area contributed by atoms with Gasteiger partial charge in [-0.2, -0.15) is 0 Å². The molecule has 1 aliphatic heterocycles. The largest absolute Gasteiger partial charge is 0.477 e. The molecule has 0 unspecified atom stereocenters. The number of rotatable bonds is 5. The number of ether oxygens (including phenoxy) is 1. The minimum Gasteiger partial charge on any atom is -0.477 e. The van der Waals surface area contributed by atoms with Gasteiger partial charge in [-0.15, -0.1) is 11.3 Å². The van der Waals surface area contributed by atoms with Crippen molar-refractivity contribution in [2.45, 2.75) is 0 Å². The maximum atomic E-state index is 12.2. The number of nitrogens with zero attached hydrogens (tertiary/aromatic N) is 4. The van der Waals surface area contributed by atoms with E-state index >= 15 is 0 Å². The van der Waals surface area contributed by atoms with E-state index in [2.05, 4.69) is 9.88 Å². The summed E-state index contributed by atoms with van der Waals surface area (Å²) in [6.45, 7) is 2.38. The Morgan fingerprint density at radius 3 is 2.71 bits per heavy atom. The molecule has 0 bridgehead atoms. The monoisotopic (exact) mass is 348 g/mol. The van der Waals surface area contributed by atoms with Gasteiger partial charge >= 0.3 is 5.69 Å². The molecule has 0 N–H and O–H groups in total. The topological polar surface area (TPSA) is 88.8 Å². The molecule has 0 atom stereocenters. The standard InChI is InChI=1S/C15H16N4O4S/c20-14(11-23-13-4-2-1-3-12(13)19(21)22)17-6-8-18(9-7-17)15-16-5-10-24-15/h1-5,10H,6-9,11H2. The van der Waals surface area contributed by atoms with Crippen molar-refractivity contribution in [1.82, 2.24) is 9.88 Å². The van der Waals surface area contributed by atoms with Crippen LogP contribution >= 0.6 is 11.3 Å². The number of thiazole rings is 1. The number of benzene rings is 1. The summed E-state index contributed by atoms with van der Waals surface area (Å²) in [4.78, 5) is 30.8. The molecule has 1 fully saturated rings. The zero-order chi connectivity index (χ0) is 16.9. The Morgan fingerprint density at radius 1 is 1.29 bits per heavy atom. The fourth-order valence-corrected chi connectivity index (χ4v) is 3.18. The Balaban J connectivity index is 1.52. The van der Waals surface area contributed by atoms with Crippen molar-refractivity contribution in [1.29, 1.82) is 0 Å². The molecule has 126 valence electrons. The second-order valence-electron chi connectivity index (χ2n) is 5.20. The van der Waals surface area contributed by atoms with Crippen molar-refractivity contribution < 1.29 is 14.5 Å². The normalized spacial score (nSPS) is 14.5. The van der Waals surface area contributed by atoms with Crippen LogP contribution in [0.25, 0.3) is 0 Å². The van der Waals surface area contributed by atoms with Gasteiger partial charge in [-0.05, 0) is 6.07 Å². The number of hydrogen-bond acceptors (Lipinski definition) is 7. The maximum Gasteiger partial charge on any atom is 0.310 e. The zero-order valence-electron chi connectivity index (χ0n) is 12.8. The van der Waals surface area contributed by atoms with E-state index in [9.17, 15) is 14.9 Å². The van der Waals surface area contributed by atoms with Crippen LogP contribution in [0, 0.1) is 10.1 Å². The van der Waals surface area contributed by atoms with E-state index in [1.165, 1.54) is 12.1 Å². The summed E-state index contributed by atoms with van der Waals surface area (Å²) in [6.07, 6.45) is 1.76. The first-order valence-electron chi connectivity index (χ1n) is 7.43. The summed E-state index contributed by atoms with van der Waals surface area (Å²) < 4.78 is 5.36. The number of carbonyl (C=O) groups excluding carboxylic acids is 1. The fourth-order valence-electron chi connectivity index (χ4n) is 2.48. The fraction of sp³-hybridized carbons (Fsp3) is 0.333. The van der Waals surface area contributed by atoms with Crippen LogP contribution in [0.1, 0.15) is 0 Å². The summed E-state index contributed by atoms with van der Waals surface area (Å²) in [6, 6.07) is 6.04. The number of nitro groups is 1. The van der Waals surface area contributed by atoms with E-state index in [1.807, 2.05) is 5.38 Å². The summed E-state index contributed by atoms with van der Waals surface area (Å²) in [5.41, 5.74) is -0.140. The molecule has 0 aliphatic carbocycles. The van der Waals surface area contributed by atoms with Crippen molar-refractivity contribution in [3.63, 3.8) is 0 Å². The van der Waals surface area contributed by atoms with Gasteiger partial charge in [-0.3, -0.25) is 14.9 Å². The number of amides is 1. The van der Waals surface area contributed by atoms with Crippen molar-refractivity contribution in [2.75, 3.05) is 37.7 Å². The lowest BCUT2D eigenvalue weighted by Gasteiger charge is -2.34. The van der Waals surface area contributed by atoms with Crippen LogP contribution in [0.4, 0.5) is 10.8 Å². The second kappa shape index (κ2) is 7.26. The van der Waals surface area contributed by atoms with Gasteiger partial charge in [0.05, 0.1) is 4.92 Å².